The minimum atomic E-state index is -0.680. The van der Waals surface area contributed by atoms with Crippen LogP contribution in [-0.4, -0.2) is 0 Å². The lowest BCUT2D eigenvalue weighted by molar-refractivity contribution is 0.660. The van der Waals surface area contributed by atoms with Gasteiger partial charge in [0.05, 0.1) is 11.1 Å². The smallest absolute Gasteiger partial charge is 0.0739 e. The molecule has 0 aliphatic heterocycles. The van der Waals surface area contributed by atoms with Crippen LogP contribution >= 0.6 is 11.3 Å². The predicted molar refractivity (Wildman–Crippen MR) is 280 cm³/mol. The number of hydrogen-bond donors (Lipinski definition) is 0. The molecule has 11 aromatic rings. The molecule has 1 nitrogen and oxygen atoms in total. The summed E-state index contributed by atoms with van der Waals surface area (Å²) in [6.07, 6.45) is 0. The van der Waals surface area contributed by atoms with Crippen molar-refractivity contribution in [2.24, 2.45) is 0 Å². The van der Waals surface area contributed by atoms with Gasteiger partial charge in [-0.1, -0.05) is 208 Å². The van der Waals surface area contributed by atoms with E-state index < -0.39 is 5.41 Å². The topological polar surface area (TPSA) is 3.24 Å². The van der Waals surface area contributed by atoms with E-state index in [1.54, 1.807) is 0 Å². The molecule has 13 rings (SSSR count). The molecule has 2 aliphatic rings. The van der Waals surface area contributed by atoms with E-state index in [4.69, 9.17) is 0 Å². The van der Waals surface area contributed by atoms with Crippen molar-refractivity contribution < 1.29 is 0 Å². The molecule has 0 N–H and O–H groups in total. The number of anilines is 3. The summed E-state index contributed by atoms with van der Waals surface area (Å²) in [5, 5.41) is 2.57. The molecule has 66 heavy (non-hydrogen) atoms. The van der Waals surface area contributed by atoms with E-state index in [0.717, 1.165) is 17.1 Å². The van der Waals surface area contributed by atoms with Crippen molar-refractivity contribution in [3.8, 4) is 44.5 Å². The predicted octanol–water partition coefficient (Wildman–Crippen LogP) is 17.5. The van der Waals surface area contributed by atoms with Crippen molar-refractivity contribution in [1.29, 1.82) is 0 Å². The third-order valence-electron chi connectivity index (χ3n) is 14.5. The number of rotatable bonds is 7. The lowest BCUT2D eigenvalue weighted by Crippen LogP contribution is -2.31. The van der Waals surface area contributed by atoms with Crippen molar-refractivity contribution in [3.63, 3.8) is 0 Å². The van der Waals surface area contributed by atoms with E-state index in [9.17, 15) is 0 Å². The van der Waals surface area contributed by atoms with Gasteiger partial charge in [-0.05, 0) is 120 Å². The molecule has 0 saturated carbocycles. The Labute approximate surface area is 390 Å². The number of para-hydroxylation sites is 1. The molecule has 0 saturated heterocycles. The van der Waals surface area contributed by atoms with Gasteiger partial charge >= 0.3 is 0 Å². The van der Waals surface area contributed by atoms with Gasteiger partial charge < -0.3 is 4.90 Å². The van der Waals surface area contributed by atoms with Crippen LogP contribution in [0.1, 0.15) is 47.2 Å². The fraction of sp³-hybridized carbons (Fsp3) is 0.0625. The molecule has 1 atom stereocenters. The summed E-state index contributed by atoms with van der Waals surface area (Å²) >= 11 is 1.88. The quantitative estimate of drug-likeness (QED) is 0.154. The van der Waals surface area contributed by atoms with Crippen LogP contribution in [0.5, 0.6) is 0 Å². The highest BCUT2D eigenvalue weighted by Gasteiger charge is 2.49. The number of benzene rings is 10. The maximum Gasteiger partial charge on any atom is 0.0739 e. The second-order valence-corrected chi connectivity index (χ2v) is 19.4. The summed E-state index contributed by atoms with van der Waals surface area (Å²) in [7, 11) is 0. The third-order valence-corrected chi connectivity index (χ3v) is 15.7. The van der Waals surface area contributed by atoms with Crippen molar-refractivity contribution >= 4 is 48.6 Å². The lowest BCUT2D eigenvalue weighted by atomic mass is 9.65. The Morgan fingerprint density at radius 2 is 0.894 bits per heavy atom. The molecule has 1 aromatic heterocycles. The van der Waals surface area contributed by atoms with Crippen LogP contribution in [0.3, 0.4) is 0 Å². The van der Waals surface area contributed by atoms with Crippen LogP contribution in [0.15, 0.2) is 237 Å². The molecule has 2 heteroatoms. The van der Waals surface area contributed by atoms with Gasteiger partial charge in [-0.2, -0.15) is 0 Å². The van der Waals surface area contributed by atoms with E-state index >= 15 is 0 Å². The first-order valence-corrected chi connectivity index (χ1v) is 23.8. The van der Waals surface area contributed by atoms with Crippen LogP contribution in [0.2, 0.25) is 0 Å². The molecule has 1 heterocycles. The zero-order valence-electron chi connectivity index (χ0n) is 36.9. The van der Waals surface area contributed by atoms with Gasteiger partial charge in [0.15, 0.2) is 0 Å². The van der Waals surface area contributed by atoms with Crippen molar-refractivity contribution in [3.05, 3.63) is 270 Å². The van der Waals surface area contributed by atoms with Crippen LogP contribution < -0.4 is 4.90 Å². The highest BCUT2D eigenvalue weighted by molar-refractivity contribution is 7.26. The number of fused-ring (bicyclic) bond motifs is 9. The summed E-state index contributed by atoms with van der Waals surface area (Å²) in [5.74, 6) is 0. The molecule has 0 amide bonds. The second kappa shape index (κ2) is 14.9. The number of thiophene rings is 1. The van der Waals surface area contributed by atoms with Gasteiger partial charge in [-0.15, -0.1) is 11.3 Å². The normalized spacial score (nSPS) is 15.3. The average Bonchev–Trinajstić information content (AvgIpc) is 3.99. The monoisotopic (exact) mass is 859 g/mol. The molecule has 0 radical (unpaired) electrons. The van der Waals surface area contributed by atoms with Gasteiger partial charge in [-0.25, -0.2) is 0 Å². The number of nitrogens with zero attached hydrogens (tertiary/aromatic N) is 1. The van der Waals surface area contributed by atoms with Crippen LogP contribution in [0, 0.1) is 0 Å². The van der Waals surface area contributed by atoms with Crippen LogP contribution in [0.25, 0.3) is 64.7 Å². The Hall–Kier alpha value is -7.78. The molecule has 1 unspecified atom stereocenters. The molecule has 0 spiro atoms. The summed E-state index contributed by atoms with van der Waals surface area (Å²) < 4.78 is 2.57. The molecular weight excluding hydrogens is 815 g/mol. The minimum absolute atomic E-state index is 0.176. The molecule has 0 bridgehead atoms. The molecule has 2 aliphatic carbocycles. The van der Waals surface area contributed by atoms with E-state index in [-0.39, 0.29) is 5.41 Å². The summed E-state index contributed by atoms with van der Waals surface area (Å²) in [6.45, 7) is 4.77. The minimum Gasteiger partial charge on any atom is -0.310 e. The average molecular weight is 860 g/mol. The van der Waals surface area contributed by atoms with Crippen molar-refractivity contribution in [2.75, 3.05) is 4.90 Å². The Morgan fingerprint density at radius 1 is 0.364 bits per heavy atom. The Kier molecular flexibility index (Phi) is 8.72. The van der Waals surface area contributed by atoms with E-state index in [2.05, 4.69) is 255 Å². The summed E-state index contributed by atoms with van der Waals surface area (Å²) in [6, 6.07) is 88.5. The van der Waals surface area contributed by atoms with Crippen molar-refractivity contribution in [2.45, 2.75) is 24.7 Å². The SMILES string of the molecule is CC1(C)c2ccccc2-c2ccc(N(c3ccc4sc5cccc(-c6ccccc6)c5c4c3)c3ccccc3C3(c4ccccc4)c4ccccc4-c4cccc(-c5ccccc5)c43)cc21. The Morgan fingerprint density at radius 3 is 1.65 bits per heavy atom. The highest BCUT2D eigenvalue weighted by atomic mass is 32.1. The molecule has 312 valence electrons. The van der Waals surface area contributed by atoms with E-state index in [1.165, 1.54) is 98.1 Å². The third kappa shape index (κ3) is 5.58. The summed E-state index contributed by atoms with van der Waals surface area (Å²) in [5.41, 5.74) is 20.5. The molecular formula is C64H45NS. The highest BCUT2D eigenvalue weighted by Crippen LogP contribution is 2.61. The zero-order valence-corrected chi connectivity index (χ0v) is 37.7. The molecule has 0 fully saturated rings. The Bertz CT molecular complexity index is 3680. The largest absolute Gasteiger partial charge is 0.310 e. The first kappa shape index (κ1) is 38.7. The maximum atomic E-state index is 2.57. The first-order chi connectivity index (χ1) is 32.5. The van der Waals surface area contributed by atoms with Gasteiger partial charge in [0.2, 0.25) is 0 Å². The van der Waals surface area contributed by atoms with Gasteiger partial charge in [0, 0.05) is 37.0 Å². The number of hydrogen-bond acceptors (Lipinski definition) is 2. The second-order valence-electron chi connectivity index (χ2n) is 18.3. The van der Waals surface area contributed by atoms with Gasteiger partial charge in [0.1, 0.15) is 0 Å². The van der Waals surface area contributed by atoms with Crippen LogP contribution in [0.4, 0.5) is 17.1 Å². The first-order valence-electron chi connectivity index (χ1n) is 23.0. The maximum absolute atomic E-state index is 2.57. The summed E-state index contributed by atoms with van der Waals surface area (Å²) in [4.78, 5) is 2.57. The van der Waals surface area contributed by atoms with Crippen LogP contribution in [-0.2, 0) is 10.8 Å². The van der Waals surface area contributed by atoms with Gasteiger partial charge in [0.25, 0.3) is 0 Å². The van der Waals surface area contributed by atoms with Gasteiger partial charge in [-0.3, -0.25) is 0 Å². The van der Waals surface area contributed by atoms with E-state index in [0.29, 0.717) is 0 Å². The van der Waals surface area contributed by atoms with Crippen molar-refractivity contribution in [1.82, 2.24) is 0 Å². The zero-order chi connectivity index (χ0) is 44.0. The lowest BCUT2D eigenvalue weighted by Gasteiger charge is -2.39. The Balaban J connectivity index is 1.14. The van der Waals surface area contributed by atoms with E-state index in [1.807, 2.05) is 11.3 Å². The fourth-order valence-corrected chi connectivity index (χ4v) is 12.8. The standard InChI is InChI=1S/C64H45NS/c1-63(2)54-31-14-12-26-49(54)51-38-36-46(41-57(51)63)65(45-37-39-59-53(40-45)61-47(28-19-35-60(61)66-59)42-20-6-3-7-21-42)58-34-17-16-33-56(58)64(44-24-10-5-11-25-44)55-32-15-13-27-50(55)52-30-18-29-48(62(52)64)43-22-8-4-9-23-43/h3-41H,1-2H3. The fourth-order valence-electron chi connectivity index (χ4n) is 11.7. The molecule has 10 aromatic carbocycles.